The van der Waals surface area contributed by atoms with Crippen LogP contribution in [0.5, 0.6) is 0 Å². The van der Waals surface area contributed by atoms with Crippen molar-refractivity contribution in [2.24, 2.45) is 0 Å². The van der Waals surface area contributed by atoms with E-state index >= 15 is 0 Å². The highest BCUT2D eigenvalue weighted by Crippen LogP contribution is 1.98. The minimum Gasteiger partial charge on any atom is -0.391 e. The lowest BCUT2D eigenvalue weighted by Crippen LogP contribution is -2.21. The zero-order valence-electron chi connectivity index (χ0n) is 17.4. The fourth-order valence-corrected chi connectivity index (χ4v) is 2.08. The molecule has 0 radical (unpaired) electrons. The Morgan fingerprint density at radius 3 is 1.30 bits per heavy atom. The molecule has 0 aliphatic carbocycles. The summed E-state index contributed by atoms with van der Waals surface area (Å²) in [5, 5.41) is 19.6. The summed E-state index contributed by atoms with van der Waals surface area (Å²) in [6.07, 6.45) is 4.32. The minimum absolute atomic E-state index is 0.289. The van der Waals surface area contributed by atoms with Gasteiger partial charge in [-0.05, 0) is 25.7 Å². The first kappa shape index (κ1) is 26.7. The average molecular weight is 395 g/mol. The molecule has 0 aliphatic heterocycles. The Morgan fingerprint density at radius 1 is 0.519 bits per heavy atom. The van der Waals surface area contributed by atoms with Gasteiger partial charge in [0, 0.05) is 26.4 Å². The number of unbranched alkanes of at least 4 members (excludes halogenated alkanes) is 2. The first-order valence-corrected chi connectivity index (χ1v) is 10.5. The van der Waals surface area contributed by atoms with Crippen molar-refractivity contribution in [3.63, 3.8) is 0 Å². The standard InChI is InChI=1S/C20H42O7/c1-3-5-9-23-13-15-26-17-19(21)7-11-25-12-8-20(22)18-27-16-14-24-10-6-4-2/h19-22H,3-18H2,1-2H3. The number of ether oxygens (including phenoxy) is 5. The van der Waals surface area contributed by atoms with Crippen molar-refractivity contribution in [3.05, 3.63) is 0 Å². The second kappa shape index (κ2) is 22.0. The van der Waals surface area contributed by atoms with Crippen LogP contribution in [0.25, 0.3) is 0 Å². The van der Waals surface area contributed by atoms with Gasteiger partial charge in [0.1, 0.15) is 0 Å². The van der Waals surface area contributed by atoms with E-state index in [1.54, 1.807) is 0 Å². The zero-order valence-corrected chi connectivity index (χ0v) is 17.4. The van der Waals surface area contributed by atoms with E-state index in [2.05, 4.69) is 13.8 Å². The number of aliphatic hydroxyl groups is 2. The maximum atomic E-state index is 9.79. The summed E-state index contributed by atoms with van der Waals surface area (Å²) in [6, 6.07) is 0. The Balaban J connectivity index is 3.27. The van der Waals surface area contributed by atoms with E-state index in [1.165, 1.54) is 0 Å². The number of hydrogen-bond acceptors (Lipinski definition) is 7. The zero-order chi connectivity index (χ0) is 20.0. The van der Waals surface area contributed by atoms with Crippen LogP contribution in [0.3, 0.4) is 0 Å². The molecule has 0 heterocycles. The molecule has 0 aromatic heterocycles. The molecule has 7 nitrogen and oxygen atoms in total. The summed E-state index contributed by atoms with van der Waals surface area (Å²) in [6.45, 7) is 9.36. The lowest BCUT2D eigenvalue weighted by Gasteiger charge is -2.13. The van der Waals surface area contributed by atoms with Crippen molar-refractivity contribution in [2.45, 2.75) is 64.6 Å². The van der Waals surface area contributed by atoms with Crippen LogP contribution in [-0.2, 0) is 23.7 Å². The Hall–Kier alpha value is -0.280. The van der Waals surface area contributed by atoms with E-state index in [9.17, 15) is 10.2 Å². The molecule has 0 bridgehead atoms. The topological polar surface area (TPSA) is 86.6 Å². The summed E-state index contributed by atoms with van der Waals surface area (Å²) >= 11 is 0. The molecule has 0 rings (SSSR count). The highest BCUT2D eigenvalue weighted by Gasteiger charge is 2.07. The van der Waals surface area contributed by atoms with Gasteiger partial charge in [-0.1, -0.05) is 26.7 Å². The van der Waals surface area contributed by atoms with Crippen LogP contribution in [0.15, 0.2) is 0 Å². The van der Waals surface area contributed by atoms with Gasteiger partial charge in [-0.3, -0.25) is 0 Å². The van der Waals surface area contributed by atoms with Crippen molar-refractivity contribution in [3.8, 4) is 0 Å². The van der Waals surface area contributed by atoms with Gasteiger partial charge in [-0.25, -0.2) is 0 Å². The fraction of sp³-hybridized carbons (Fsp3) is 1.00. The number of rotatable bonds is 22. The van der Waals surface area contributed by atoms with Crippen molar-refractivity contribution >= 4 is 0 Å². The Morgan fingerprint density at radius 2 is 0.889 bits per heavy atom. The van der Waals surface area contributed by atoms with E-state index in [0.29, 0.717) is 52.5 Å². The van der Waals surface area contributed by atoms with Crippen LogP contribution < -0.4 is 0 Å². The molecular formula is C20H42O7. The Bertz CT molecular complexity index is 253. The molecule has 0 fully saturated rings. The lowest BCUT2D eigenvalue weighted by molar-refractivity contribution is -0.0198. The molecule has 2 N–H and O–H groups in total. The molecule has 2 atom stereocenters. The van der Waals surface area contributed by atoms with Crippen LogP contribution in [0.1, 0.15) is 52.4 Å². The molecule has 0 spiro atoms. The van der Waals surface area contributed by atoms with Gasteiger partial charge >= 0.3 is 0 Å². The van der Waals surface area contributed by atoms with Gasteiger partial charge in [0.15, 0.2) is 0 Å². The second-order valence-electron chi connectivity index (χ2n) is 6.58. The third kappa shape index (κ3) is 21.9. The van der Waals surface area contributed by atoms with Crippen molar-refractivity contribution in [1.29, 1.82) is 0 Å². The lowest BCUT2D eigenvalue weighted by atomic mass is 10.2. The van der Waals surface area contributed by atoms with Crippen LogP contribution in [0.2, 0.25) is 0 Å². The molecule has 0 saturated carbocycles. The van der Waals surface area contributed by atoms with Crippen LogP contribution in [0.4, 0.5) is 0 Å². The SMILES string of the molecule is CCCCOCCOCC(O)CCOCCC(O)COCCOCCCC. The normalized spacial score (nSPS) is 13.8. The maximum Gasteiger partial charge on any atom is 0.0795 e. The minimum atomic E-state index is -0.540. The highest BCUT2D eigenvalue weighted by molar-refractivity contribution is 4.55. The first-order valence-electron chi connectivity index (χ1n) is 10.5. The van der Waals surface area contributed by atoms with Crippen LogP contribution in [0, 0.1) is 0 Å². The third-order valence-corrected chi connectivity index (χ3v) is 3.84. The molecule has 2 unspecified atom stereocenters. The molecule has 7 heteroatoms. The van der Waals surface area contributed by atoms with Gasteiger partial charge in [0.05, 0.1) is 51.8 Å². The molecule has 27 heavy (non-hydrogen) atoms. The van der Waals surface area contributed by atoms with Gasteiger partial charge < -0.3 is 33.9 Å². The van der Waals surface area contributed by atoms with E-state index in [4.69, 9.17) is 23.7 Å². The second-order valence-corrected chi connectivity index (χ2v) is 6.58. The summed E-state index contributed by atoms with van der Waals surface area (Å²) in [5.41, 5.74) is 0. The predicted octanol–water partition coefficient (Wildman–Crippen LogP) is 2.17. The number of aliphatic hydroxyl groups excluding tert-OH is 2. The van der Waals surface area contributed by atoms with Gasteiger partial charge in [0.2, 0.25) is 0 Å². The summed E-state index contributed by atoms with van der Waals surface area (Å²) in [5.74, 6) is 0. The Kier molecular flexibility index (Phi) is 21.8. The molecule has 0 amide bonds. The highest BCUT2D eigenvalue weighted by atomic mass is 16.5. The fourth-order valence-electron chi connectivity index (χ4n) is 2.08. The summed E-state index contributed by atoms with van der Waals surface area (Å²) < 4.78 is 26.9. The largest absolute Gasteiger partial charge is 0.391 e. The molecule has 0 saturated heterocycles. The number of hydrogen-bond donors (Lipinski definition) is 2. The van der Waals surface area contributed by atoms with Crippen molar-refractivity contribution in [2.75, 3.05) is 66.1 Å². The average Bonchev–Trinajstić information content (AvgIpc) is 2.66. The van der Waals surface area contributed by atoms with E-state index in [-0.39, 0.29) is 13.2 Å². The van der Waals surface area contributed by atoms with Crippen molar-refractivity contribution in [1.82, 2.24) is 0 Å². The molecule has 0 aliphatic rings. The smallest absolute Gasteiger partial charge is 0.0795 e. The van der Waals surface area contributed by atoms with Gasteiger partial charge in [-0.15, -0.1) is 0 Å². The van der Waals surface area contributed by atoms with Gasteiger partial charge in [-0.2, -0.15) is 0 Å². The Labute approximate surface area is 165 Å². The third-order valence-electron chi connectivity index (χ3n) is 3.84. The van der Waals surface area contributed by atoms with Crippen LogP contribution in [-0.4, -0.2) is 88.5 Å². The summed E-state index contributed by atoms with van der Waals surface area (Å²) in [7, 11) is 0. The van der Waals surface area contributed by atoms with Crippen molar-refractivity contribution < 1.29 is 33.9 Å². The van der Waals surface area contributed by atoms with E-state index in [1.807, 2.05) is 0 Å². The van der Waals surface area contributed by atoms with Gasteiger partial charge in [0.25, 0.3) is 0 Å². The molecule has 164 valence electrons. The predicted molar refractivity (Wildman–Crippen MR) is 105 cm³/mol. The molecule has 0 aromatic carbocycles. The first-order chi connectivity index (χ1) is 13.2. The molecule has 0 aromatic rings. The van der Waals surface area contributed by atoms with Crippen LogP contribution >= 0.6 is 0 Å². The van der Waals surface area contributed by atoms with E-state index in [0.717, 1.165) is 38.9 Å². The summed E-state index contributed by atoms with van der Waals surface area (Å²) in [4.78, 5) is 0. The maximum absolute atomic E-state index is 9.79. The monoisotopic (exact) mass is 394 g/mol. The molecular weight excluding hydrogens is 352 g/mol. The van der Waals surface area contributed by atoms with E-state index < -0.39 is 12.2 Å². The quantitative estimate of drug-likeness (QED) is 0.272.